The quantitative estimate of drug-likeness (QED) is 0.807. The molecule has 1 aromatic carbocycles. The number of nitrogens with one attached hydrogen (secondary N) is 1. The molecule has 1 unspecified atom stereocenters. The molecule has 82 valence electrons. The van der Waals surface area contributed by atoms with Crippen LogP contribution in [0.15, 0.2) is 18.2 Å². The van der Waals surface area contributed by atoms with E-state index in [0.29, 0.717) is 11.7 Å². The zero-order valence-electron chi connectivity index (χ0n) is 8.92. The van der Waals surface area contributed by atoms with Gasteiger partial charge >= 0.3 is 0 Å². The van der Waals surface area contributed by atoms with E-state index >= 15 is 0 Å². The lowest BCUT2D eigenvalue weighted by molar-refractivity contribution is 0.389. The van der Waals surface area contributed by atoms with E-state index in [1.807, 2.05) is 6.07 Å². The van der Waals surface area contributed by atoms with Gasteiger partial charge in [0.25, 0.3) is 0 Å². The van der Waals surface area contributed by atoms with Gasteiger partial charge in [-0.15, -0.1) is 0 Å². The summed E-state index contributed by atoms with van der Waals surface area (Å²) >= 11 is 0. The van der Waals surface area contributed by atoms with Crippen LogP contribution in [-0.2, 0) is 0 Å². The maximum atomic E-state index is 13.0. The fourth-order valence-electron chi connectivity index (χ4n) is 2.14. The fraction of sp³-hybridized carbons (Fsp3) is 0.500. The Hall–Kier alpha value is -1.09. The first-order valence-electron chi connectivity index (χ1n) is 5.35. The van der Waals surface area contributed by atoms with E-state index in [9.17, 15) is 4.39 Å². The number of piperidine rings is 1. The second-order valence-corrected chi connectivity index (χ2v) is 3.93. The molecule has 0 spiro atoms. The van der Waals surface area contributed by atoms with Gasteiger partial charge in [0.05, 0.1) is 7.11 Å². The minimum atomic E-state index is -0.237. The van der Waals surface area contributed by atoms with Crippen molar-refractivity contribution in [1.82, 2.24) is 5.32 Å². The number of halogens is 1. The van der Waals surface area contributed by atoms with Crippen molar-refractivity contribution in [3.8, 4) is 5.75 Å². The first-order chi connectivity index (χ1) is 7.31. The van der Waals surface area contributed by atoms with Crippen molar-refractivity contribution in [2.45, 2.75) is 18.8 Å². The van der Waals surface area contributed by atoms with Gasteiger partial charge in [-0.05, 0) is 31.0 Å². The third-order valence-corrected chi connectivity index (χ3v) is 2.93. The number of ether oxygens (including phenoxy) is 1. The van der Waals surface area contributed by atoms with Crippen molar-refractivity contribution in [1.29, 1.82) is 0 Å². The Morgan fingerprint density at radius 3 is 3.00 bits per heavy atom. The molecule has 1 aliphatic rings. The Balaban J connectivity index is 2.25. The molecule has 1 saturated heterocycles. The van der Waals surface area contributed by atoms with Gasteiger partial charge in [0.2, 0.25) is 0 Å². The lowest BCUT2D eigenvalue weighted by Gasteiger charge is -2.24. The zero-order chi connectivity index (χ0) is 10.7. The Kier molecular flexibility index (Phi) is 3.21. The Morgan fingerprint density at radius 1 is 1.47 bits per heavy atom. The molecule has 0 saturated carbocycles. The van der Waals surface area contributed by atoms with Crippen molar-refractivity contribution in [2.75, 3.05) is 20.2 Å². The molecule has 1 heterocycles. The van der Waals surface area contributed by atoms with E-state index in [4.69, 9.17) is 4.74 Å². The number of methoxy groups -OCH3 is 1. The van der Waals surface area contributed by atoms with Crippen molar-refractivity contribution < 1.29 is 9.13 Å². The van der Waals surface area contributed by atoms with Gasteiger partial charge in [0, 0.05) is 18.5 Å². The zero-order valence-corrected chi connectivity index (χ0v) is 8.92. The first-order valence-corrected chi connectivity index (χ1v) is 5.35. The van der Waals surface area contributed by atoms with Crippen molar-refractivity contribution >= 4 is 0 Å². The highest BCUT2D eigenvalue weighted by Crippen LogP contribution is 2.31. The molecule has 0 amide bonds. The Bertz CT molecular complexity index is 334. The maximum absolute atomic E-state index is 13.0. The summed E-state index contributed by atoms with van der Waals surface area (Å²) in [6.45, 7) is 2.04. The van der Waals surface area contributed by atoms with E-state index in [1.165, 1.54) is 18.6 Å². The molecular weight excluding hydrogens is 193 g/mol. The van der Waals surface area contributed by atoms with Crippen LogP contribution in [-0.4, -0.2) is 20.2 Å². The van der Waals surface area contributed by atoms with Crippen LogP contribution in [0.5, 0.6) is 5.75 Å². The van der Waals surface area contributed by atoms with Gasteiger partial charge < -0.3 is 10.1 Å². The van der Waals surface area contributed by atoms with Crippen LogP contribution in [0.4, 0.5) is 4.39 Å². The smallest absolute Gasteiger partial charge is 0.126 e. The molecule has 0 bridgehead atoms. The highest BCUT2D eigenvalue weighted by Gasteiger charge is 2.18. The molecule has 1 aromatic rings. The van der Waals surface area contributed by atoms with Gasteiger partial charge in [-0.25, -0.2) is 4.39 Å². The molecule has 2 nitrogen and oxygen atoms in total. The molecule has 1 fully saturated rings. The Labute approximate surface area is 89.4 Å². The van der Waals surface area contributed by atoms with Crippen LogP contribution in [0.2, 0.25) is 0 Å². The van der Waals surface area contributed by atoms with Gasteiger partial charge in [-0.2, -0.15) is 0 Å². The Morgan fingerprint density at radius 2 is 2.33 bits per heavy atom. The summed E-state index contributed by atoms with van der Waals surface area (Å²) in [7, 11) is 1.59. The summed E-state index contributed by atoms with van der Waals surface area (Å²) in [6, 6.07) is 4.81. The minimum Gasteiger partial charge on any atom is -0.496 e. The van der Waals surface area contributed by atoms with E-state index in [1.54, 1.807) is 7.11 Å². The highest BCUT2D eigenvalue weighted by atomic mass is 19.1. The molecular formula is C12H16FNO. The maximum Gasteiger partial charge on any atom is 0.126 e. The molecule has 1 aliphatic heterocycles. The number of hydrogen-bond donors (Lipinski definition) is 1. The van der Waals surface area contributed by atoms with Crippen LogP contribution in [0.25, 0.3) is 0 Å². The normalized spacial score (nSPS) is 21.3. The lowest BCUT2D eigenvalue weighted by Crippen LogP contribution is -2.28. The molecule has 3 heteroatoms. The molecule has 15 heavy (non-hydrogen) atoms. The van der Waals surface area contributed by atoms with Crippen LogP contribution < -0.4 is 10.1 Å². The average Bonchev–Trinajstić information content (AvgIpc) is 2.30. The summed E-state index contributed by atoms with van der Waals surface area (Å²) in [6.07, 6.45) is 2.32. The summed E-state index contributed by atoms with van der Waals surface area (Å²) < 4.78 is 18.2. The number of rotatable bonds is 2. The molecule has 2 rings (SSSR count). The largest absolute Gasteiger partial charge is 0.496 e. The highest BCUT2D eigenvalue weighted by molar-refractivity contribution is 5.37. The van der Waals surface area contributed by atoms with Crippen molar-refractivity contribution in [2.24, 2.45) is 0 Å². The molecule has 1 atom stereocenters. The third-order valence-electron chi connectivity index (χ3n) is 2.93. The van der Waals surface area contributed by atoms with Crippen LogP contribution in [0.1, 0.15) is 24.3 Å². The van der Waals surface area contributed by atoms with Crippen molar-refractivity contribution in [3.05, 3.63) is 29.6 Å². The first kappa shape index (κ1) is 10.4. The van der Waals surface area contributed by atoms with E-state index in [2.05, 4.69) is 5.32 Å². The number of benzene rings is 1. The molecule has 1 N–H and O–H groups in total. The second-order valence-electron chi connectivity index (χ2n) is 3.93. The summed E-state index contributed by atoms with van der Waals surface area (Å²) in [4.78, 5) is 0. The topological polar surface area (TPSA) is 21.3 Å². The van der Waals surface area contributed by atoms with Gasteiger partial charge in [0.15, 0.2) is 0 Å². The second kappa shape index (κ2) is 4.62. The SMILES string of the molecule is COc1cc(F)ccc1C1CCCNC1. The molecule has 0 radical (unpaired) electrons. The number of hydrogen-bond acceptors (Lipinski definition) is 2. The van der Waals surface area contributed by atoms with Crippen LogP contribution >= 0.6 is 0 Å². The standard InChI is InChI=1S/C12H16FNO/c1-15-12-7-10(13)4-5-11(12)9-3-2-6-14-8-9/h4-5,7,9,14H,2-3,6,8H2,1H3. The molecule has 0 aliphatic carbocycles. The predicted octanol–water partition coefficient (Wildman–Crippen LogP) is 2.30. The van der Waals surface area contributed by atoms with E-state index < -0.39 is 0 Å². The third kappa shape index (κ3) is 2.29. The lowest BCUT2D eigenvalue weighted by atomic mass is 9.91. The van der Waals surface area contributed by atoms with Crippen LogP contribution in [0, 0.1) is 5.82 Å². The van der Waals surface area contributed by atoms with E-state index in [0.717, 1.165) is 25.1 Å². The van der Waals surface area contributed by atoms with Gasteiger partial charge in [-0.3, -0.25) is 0 Å². The average molecular weight is 209 g/mol. The molecule has 0 aromatic heterocycles. The minimum absolute atomic E-state index is 0.237. The fourth-order valence-corrected chi connectivity index (χ4v) is 2.14. The van der Waals surface area contributed by atoms with Gasteiger partial charge in [0.1, 0.15) is 11.6 Å². The van der Waals surface area contributed by atoms with Crippen molar-refractivity contribution in [3.63, 3.8) is 0 Å². The summed E-state index contributed by atoms with van der Waals surface area (Å²) in [5, 5.41) is 3.35. The van der Waals surface area contributed by atoms with Gasteiger partial charge in [-0.1, -0.05) is 6.07 Å². The summed E-state index contributed by atoms with van der Waals surface area (Å²) in [5.41, 5.74) is 1.12. The van der Waals surface area contributed by atoms with Crippen LogP contribution in [0.3, 0.4) is 0 Å². The monoisotopic (exact) mass is 209 g/mol. The predicted molar refractivity (Wildman–Crippen MR) is 57.8 cm³/mol. The summed E-state index contributed by atoms with van der Waals surface area (Å²) in [5.74, 6) is 0.886. The van der Waals surface area contributed by atoms with E-state index in [-0.39, 0.29) is 5.82 Å².